The van der Waals surface area contributed by atoms with Crippen molar-refractivity contribution < 1.29 is 0 Å². The van der Waals surface area contributed by atoms with E-state index in [1.807, 2.05) is 0 Å². The fourth-order valence-electron chi connectivity index (χ4n) is 2.89. The molecule has 0 aromatic carbocycles. The van der Waals surface area contributed by atoms with Gasteiger partial charge in [-0.15, -0.1) is 24.4 Å². The van der Waals surface area contributed by atoms with Crippen molar-refractivity contribution in [1.29, 1.82) is 0 Å². The minimum Gasteiger partial charge on any atom is -0.121 e. The molecule has 0 saturated carbocycles. The third-order valence-corrected chi connectivity index (χ3v) is 11.8. The second-order valence-corrected chi connectivity index (χ2v) is 11.9. The Labute approximate surface area is 99.7 Å². The summed E-state index contributed by atoms with van der Waals surface area (Å²) in [5, 5.41) is 0. The molecular weight excluding hydrogens is 237 g/mol. The van der Waals surface area contributed by atoms with Crippen molar-refractivity contribution in [3.63, 3.8) is 0 Å². The molecule has 2 unspecified atom stereocenters. The monoisotopic (exact) mass is 262 g/mol. The second-order valence-electron chi connectivity index (χ2n) is 5.21. The first-order valence-corrected chi connectivity index (χ1v) is 11.9. The average molecular weight is 262 g/mol. The zero-order valence-electron chi connectivity index (χ0n) is 10.2. The fourth-order valence-corrected chi connectivity index (χ4v) is 10.7. The predicted octanol–water partition coefficient (Wildman–Crippen LogP) is 4.21. The first kappa shape index (κ1) is 12.7. The van der Waals surface area contributed by atoms with E-state index in [0.29, 0.717) is 15.8 Å². The minimum absolute atomic E-state index is 0.449. The molecule has 88 valence electrons. The first-order chi connectivity index (χ1) is 7.27. The summed E-state index contributed by atoms with van der Waals surface area (Å²) in [7, 11) is 2.20. The van der Waals surface area contributed by atoms with Gasteiger partial charge in [0.2, 0.25) is 0 Å². The molecule has 2 fully saturated rings. The van der Waals surface area contributed by atoms with Crippen molar-refractivity contribution in [3.8, 4) is 0 Å². The highest BCUT2D eigenvalue weighted by Gasteiger charge is 2.25. The van der Waals surface area contributed by atoms with Gasteiger partial charge in [-0.2, -0.15) is 0 Å². The van der Waals surface area contributed by atoms with Gasteiger partial charge in [0, 0.05) is 0 Å². The van der Waals surface area contributed by atoms with Crippen molar-refractivity contribution in [3.05, 3.63) is 0 Å². The van der Waals surface area contributed by atoms with E-state index in [2.05, 4.69) is 13.3 Å². The Balaban J connectivity index is 1.62. The van der Waals surface area contributed by atoms with Gasteiger partial charge < -0.3 is 0 Å². The quantitative estimate of drug-likeness (QED) is 0.666. The van der Waals surface area contributed by atoms with Crippen LogP contribution in [0.15, 0.2) is 0 Å². The summed E-state index contributed by atoms with van der Waals surface area (Å²) in [5.41, 5.74) is 2.34. The molecule has 0 aliphatic carbocycles. The predicted molar refractivity (Wildman–Crippen MR) is 79.5 cm³/mol. The van der Waals surface area contributed by atoms with E-state index in [9.17, 15) is 0 Å². The maximum atomic E-state index is 2.54. The number of hydrogen-bond acceptors (Lipinski definition) is 0. The molecule has 2 aliphatic rings. The van der Waals surface area contributed by atoms with Crippen LogP contribution in [0.25, 0.3) is 0 Å². The van der Waals surface area contributed by atoms with Crippen LogP contribution in [0.5, 0.6) is 0 Å². The highest BCUT2D eigenvalue weighted by Crippen LogP contribution is 2.51. The first-order valence-electron chi connectivity index (χ1n) is 6.38. The molecule has 2 rings (SSSR count). The Morgan fingerprint density at radius 1 is 0.933 bits per heavy atom. The van der Waals surface area contributed by atoms with Gasteiger partial charge >= 0.3 is 0 Å². The van der Waals surface area contributed by atoms with Gasteiger partial charge in [0.1, 0.15) is 0 Å². The summed E-state index contributed by atoms with van der Waals surface area (Å²) < 4.78 is 0. The zero-order valence-corrected chi connectivity index (χ0v) is 13.0. The molecule has 0 radical (unpaired) electrons. The van der Waals surface area contributed by atoms with E-state index >= 15 is 0 Å². The largest absolute Gasteiger partial charge is 0.121 e. The third kappa shape index (κ3) is 3.63. The van der Waals surface area contributed by atoms with Crippen LogP contribution in [0.4, 0.5) is 0 Å². The average Bonchev–Trinajstić information content (AvgIpc) is 2.78. The molecule has 4 atom stereocenters. The molecule has 2 aliphatic heterocycles. The van der Waals surface area contributed by atoms with Crippen LogP contribution in [-0.4, -0.2) is 49.3 Å². The van der Waals surface area contributed by atoms with E-state index in [1.54, 1.807) is 50.3 Å². The fraction of sp³-hybridized carbons (Fsp3) is 1.00. The molecule has 0 nitrogen and oxygen atoms in total. The van der Waals surface area contributed by atoms with E-state index in [-0.39, 0.29) is 0 Å². The Morgan fingerprint density at radius 3 is 1.73 bits per heavy atom. The van der Waals surface area contributed by atoms with Gasteiger partial charge in [0.15, 0.2) is 0 Å². The van der Waals surface area contributed by atoms with Crippen molar-refractivity contribution in [1.82, 2.24) is 0 Å². The van der Waals surface area contributed by atoms with E-state index in [0.717, 1.165) is 0 Å². The molecule has 0 spiro atoms. The molecule has 0 N–H and O–H groups in total. The molecule has 0 amide bonds. The number of hydrogen-bond donors (Lipinski definition) is 0. The summed E-state index contributed by atoms with van der Waals surface area (Å²) in [4.78, 5) is 0. The van der Waals surface area contributed by atoms with Crippen LogP contribution in [0.2, 0.25) is 0 Å². The van der Waals surface area contributed by atoms with Crippen LogP contribution in [0.1, 0.15) is 25.7 Å². The molecule has 15 heavy (non-hydrogen) atoms. The van der Waals surface area contributed by atoms with Crippen LogP contribution in [0, 0.1) is 0 Å². The van der Waals surface area contributed by atoms with Crippen molar-refractivity contribution >= 4 is 24.4 Å². The van der Waals surface area contributed by atoms with Gasteiger partial charge in [0.05, 0.1) is 0 Å². The second kappa shape index (κ2) is 6.28. The van der Waals surface area contributed by atoms with Crippen molar-refractivity contribution in [2.75, 3.05) is 38.0 Å². The molecule has 0 aromatic rings. The smallest absolute Gasteiger partial charge is 0.0175 e. The SMILES string of the molecule is CP1CCC[C@@H]1CPC[C@H]1CCCP1C. The van der Waals surface area contributed by atoms with Crippen molar-refractivity contribution in [2.45, 2.75) is 37.0 Å². The Kier molecular flexibility index (Phi) is 5.34. The Morgan fingerprint density at radius 2 is 1.40 bits per heavy atom. The molecule has 3 heteroatoms. The van der Waals surface area contributed by atoms with E-state index in [1.165, 1.54) is 19.9 Å². The van der Waals surface area contributed by atoms with Gasteiger partial charge in [-0.05, 0) is 75.0 Å². The molecular formula is C12H25P3. The number of rotatable bonds is 4. The highest BCUT2D eigenvalue weighted by molar-refractivity contribution is 7.59. The highest BCUT2D eigenvalue weighted by atomic mass is 31.1. The topological polar surface area (TPSA) is 0 Å². The summed E-state index contributed by atoms with van der Waals surface area (Å²) in [5.74, 6) is 0. The van der Waals surface area contributed by atoms with Crippen LogP contribution < -0.4 is 0 Å². The summed E-state index contributed by atoms with van der Waals surface area (Å²) >= 11 is 0. The standard InChI is InChI=1S/C12H25P3/c1-14-7-3-5-11(14)9-13-10-12-6-4-8-15(12)2/h11-13H,3-10H2,1-2H3/t11-,12-,14?,15?/m1/s1. The van der Waals surface area contributed by atoms with Crippen LogP contribution >= 0.6 is 24.4 Å². The Hall–Kier alpha value is 1.29. The van der Waals surface area contributed by atoms with E-state index < -0.39 is 0 Å². The summed E-state index contributed by atoms with van der Waals surface area (Å²) in [6.45, 7) is 5.08. The summed E-state index contributed by atoms with van der Waals surface area (Å²) in [6.07, 6.45) is 12.6. The lowest BCUT2D eigenvalue weighted by Crippen LogP contribution is -2.07. The molecule has 0 aromatic heterocycles. The van der Waals surface area contributed by atoms with Crippen LogP contribution in [0.3, 0.4) is 0 Å². The zero-order chi connectivity index (χ0) is 10.7. The Bertz CT molecular complexity index is 175. The van der Waals surface area contributed by atoms with Gasteiger partial charge in [-0.1, -0.05) is 0 Å². The maximum absolute atomic E-state index is 2.54. The lowest BCUT2D eigenvalue weighted by atomic mass is 10.3. The third-order valence-electron chi connectivity index (χ3n) is 4.10. The van der Waals surface area contributed by atoms with Crippen LogP contribution in [-0.2, 0) is 0 Å². The lowest BCUT2D eigenvalue weighted by molar-refractivity contribution is 0.828. The van der Waals surface area contributed by atoms with Crippen molar-refractivity contribution in [2.24, 2.45) is 0 Å². The summed E-state index contributed by atoms with van der Waals surface area (Å²) in [6, 6.07) is 0. The van der Waals surface area contributed by atoms with E-state index in [4.69, 9.17) is 0 Å². The maximum Gasteiger partial charge on any atom is -0.0175 e. The van der Waals surface area contributed by atoms with Gasteiger partial charge in [-0.3, -0.25) is 0 Å². The molecule has 0 bridgehead atoms. The van der Waals surface area contributed by atoms with Gasteiger partial charge in [0.25, 0.3) is 0 Å². The normalized spacial score (nSPS) is 42.0. The van der Waals surface area contributed by atoms with Gasteiger partial charge in [-0.25, -0.2) is 0 Å². The lowest BCUT2D eigenvalue weighted by Gasteiger charge is -2.19. The molecule has 2 heterocycles. The minimum atomic E-state index is 0.449. The molecule has 2 saturated heterocycles.